The van der Waals surface area contributed by atoms with Crippen molar-refractivity contribution in [3.63, 3.8) is 0 Å². The van der Waals surface area contributed by atoms with Crippen LogP contribution in [0.2, 0.25) is 0 Å². The zero-order valence-corrected chi connectivity index (χ0v) is 20.5. The number of methoxy groups -OCH3 is 1. The van der Waals surface area contributed by atoms with E-state index in [1.165, 1.54) is 28.5 Å². The minimum Gasteiger partial charge on any atom is -0.497 e. The van der Waals surface area contributed by atoms with Crippen molar-refractivity contribution in [2.45, 2.75) is 25.0 Å². The molecule has 0 aliphatic heterocycles. The van der Waals surface area contributed by atoms with Crippen LogP contribution in [0.4, 0.5) is 4.39 Å². The van der Waals surface area contributed by atoms with Crippen LogP contribution >= 0.6 is 11.8 Å². The SMILES string of the molecule is COc1cccc(-n2c(SCC(=O)NC(c3ccc(F)cc3)C(C)C)nc3ccccc3c2=O)c1. The zero-order chi connectivity index (χ0) is 24.9. The third kappa shape index (κ3) is 5.54. The first-order valence-corrected chi connectivity index (χ1v) is 12.2. The summed E-state index contributed by atoms with van der Waals surface area (Å²) in [6.45, 7) is 3.99. The molecule has 0 radical (unpaired) electrons. The van der Waals surface area contributed by atoms with E-state index in [2.05, 4.69) is 10.3 Å². The molecule has 0 spiro atoms. The average molecular weight is 492 g/mol. The van der Waals surface area contributed by atoms with Crippen molar-refractivity contribution >= 4 is 28.6 Å². The van der Waals surface area contributed by atoms with Gasteiger partial charge in [0.15, 0.2) is 5.16 Å². The first kappa shape index (κ1) is 24.5. The first-order valence-electron chi connectivity index (χ1n) is 11.2. The Bertz CT molecular complexity index is 1400. The Morgan fingerprint density at radius 3 is 2.54 bits per heavy atom. The molecule has 1 atom stereocenters. The summed E-state index contributed by atoms with van der Waals surface area (Å²) in [5.41, 5.74) is 1.77. The highest BCUT2D eigenvalue weighted by molar-refractivity contribution is 7.99. The van der Waals surface area contributed by atoms with Crippen molar-refractivity contribution in [2.24, 2.45) is 5.92 Å². The fourth-order valence-corrected chi connectivity index (χ4v) is 4.66. The molecule has 1 amide bonds. The number of ether oxygens (including phenoxy) is 1. The highest BCUT2D eigenvalue weighted by Gasteiger charge is 2.20. The van der Waals surface area contributed by atoms with Crippen molar-refractivity contribution < 1.29 is 13.9 Å². The van der Waals surface area contributed by atoms with Gasteiger partial charge in [-0.15, -0.1) is 0 Å². The number of hydrogen-bond acceptors (Lipinski definition) is 5. The van der Waals surface area contributed by atoms with Gasteiger partial charge in [-0.1, -0.05) is 55.9 Å². The topological polar surface area (TPSA) is 73.2 Å². The third-order valence-corrected chi connectivity index (χ3v) is 6.54. The van der Waals surface area contributed by atoms with E-state index in [4.69, 9.17) is 4.74 Å². The standard InChI is InChI=1S/C27H26FN3O3S/c1-17(2)25(18-11-13-19(28)14-12-18)30-24(32)16-35-27-29-23-10-5-4-9-22(23)26(33)31(27)20-7-6-8-21(15-20)34-3/h4-15,17,25H,16H2,1-3H3,(H,30,32). The van der Waals surface area contributed by atoms with E-state index >= 15 is 0 Å². The lowest BCUT2D eigenvalue weighted by Crippen LogP contribution is -2.33. The summed E-state index contributed by atoms with van der Waals surface area (Å²) in [7, 11) is 1.56. The van der Waals surface area contributed by atoms with Gasteiger partial charge >= 0.3 is 0 Å². The molecule has 8 heteroatoms. The minimum atomic E-state index is -0.323. The van der Waals surface area contributed by atoms with Crippen molar-refractivity contribution in [2.75, 3.05) is 12.9 Å². The lowest BCUT2D eigenvalue weighted by Gasteiger charge is -2.23. The minimum absolute atomic E-state index is 0.0547. The normalized spacial score (nSPS) is 12.0. The van der Waals surface area contributed by atoms with Crippen LogP contribution in [0.15, 0.2) is 82.7 Å². The van der Waals surface area contributed by atoms with Crippen molar-refractivity contribution in [3.05, 3.63) is 94.5 Å². The molecule has 3 aromatic carbocycles. The number of amides is 1. The van der Waals surface area contributed by atoms with Crippen molar-refractivity contribution in [1.29, 1.82) is 0 Å². The van der Waals surface area contributed by atoms with Crippen LogP contribution in [0, 0.1) is 11.7 Å². The summed E-state index contributed by atoms with van der Waals surface area (Å²) in [5, 5.41) is 3.92. The fourth-order valence-electron chi connectivity index (χ4n) is 3.84. The highest BCUT2D eigenvalue weighted by Crippen LogP contribution is 2.25. The van der Waals surface area contributed by atoms with E-state index in [1.54, 1.807) is 61.7 Å². The molecule has 4 rings (SSSR count). The van der Waals surface area contributed by atoms with Gasteiger partial charge in [-0.2, -0.15) is 0 Å². The predicted molar refractivity (Wildman–Crippen MR) is 137 cm³/mol. The molecule has 35 heavy (non-hydrogen) atoms. The Morgan fingerprint density at radius 1 is 1.09 bits per heavy atom. The van der Waals surface area contributed by atoms with Gasteiger partial charge in [0.25, 0.3) is 5.56 Å². The van der Waals surface area contributed by atoms with Crippen LogP contribution in [0.5, 0.6) is 5.75 Å². The molecule has 1 heterocycles. The van der Waals surface area contributed by atoms with E-state index in [-0.39, 0.29) is 35.0 Å². The molecule has 4 aromatic rings. The van der Waals surface area contributed by atoms with E-state index in [0.717, 1.165) is 5.56 Å². The van der Waals surface area contributed by atoms with Gasteiger partial charge in [-0.3, -0.25) is 14.2 Å². The number of aromatic nitrogens is 2. The number of halogens is 1. The maximum Gasteiger partial charge on any atom is 0.266 e. The largest absolute Gasteiger partial charge is 0.497 e. The number of carbonyl (C=O) groups is 1. The maximum atomic E-state index is 13.4. The number of fused-ring (bicyclic) bond motifs is 1. The second-order valence-corrected chi connectivity index (χ2v) is 9.33. The number of thioether (sulfide) groups is 1. The Hall–Kier alpha value is -3.65. The third-order valence-electron chi connectivity index (χ3n) is 5.60. The number of carbonyl (C=O) groups excluding carboxylic acids is 1. The molecule has 0 aliphatic rings. The molecule has 1 unspecified atom stereocenters. The second-order valence-electron chi connectivity index (χ2n) is 8.38. The summed E-state index contributed by atoms with van der Waals surface area (Å²) in [6.07, 6.45) is 0. The molecule has 1 aromatic heterocycles. The number of hydrogen-bond donors (Lipinski definition) is 1. The first-order chi connectivity index (χ1) is 16.9. The number of rotatable bonds is 8. The molecular weight excluding hydrogens is 465 g/mol. The van der Waals surface area contributed by atoms with Gasteiger partial charge in [0.1, 0.15) is 11.6 Å². The van der Waals surface area contributed by atoms with Gasteiger partial charge in [0.05, 0.1) is 35.5 Å². The number of nitrogens with zero attached hydrogens (tertiary/aromatic N) is 2. The summed E-state index contributed by atoms with van der Waals surface area (Å²) < 4.78 is 20.2. The molecule has 180 valence electrons. The zero-order valence-electron chi connectivity index (χ0n) is 19.7. The average Bonchev–Trinajstić information content (AvgIpc) is 2.86. The summed E-state index contributed by atoms with van der Waals surface area (Å²) >= 11 is 1.18. The van der Waals surface area contributed by atoms with E-state index in [0.29, 0.717) is 27.5 Å². The van der Waals surface area contributed by atoms with E-state index in [9.17, 15) is 14.0 Å². The number of para-hydroxylation sites is 1. The van der Waals surface area contributed by atoms with Gasteiger partial charge in [0.2, 0.25) is 5.91 Å². The molecular formula is C27H26FN3O3S. The van der Waals surface area contributed by atoms with Gasteiger partial charge in [-0.25, -0.2) is 9.37 Å². The van der Waals surface area contributed by atoms with E-state index in [1.807, 2.05) is 19.9 Å². The summed E-state index contributed by atoms with van der Waals surface area (Å²) in [4.78, 5) is 31.0. The van der Waals surface area contributed by atoms with Crippen LogP contribution in [0.1, 0.15) is 25.5 Å². The molecule has 0 saturated heterocycles. The van der Waals surface area contributed by atoms with E-state index < -0.39 is 0 Å². The number of nitrogens with one attached hydrogen (secondary N) is 1. The Morgan fingerprint density at radius 2 is 1.83 bits per heavy atom. The Labute approximate surface area is 207 Å². The van der Waals surface area contributed by atoms with Crippen molar-refractivity contribution in [3.8, 4) is 11.4 Å². The lowest BCUT2D eigenvalue weighted by molar-refractivity contribution is -0.119. The lowest BCUT2D eigenvalue weighted by atomic mass is 9.96. The molecule has 0 aliphatic carbocycles. The van der Waals surface area contributed by atoms with Gasteiger partial charge in [0, 0.05) is 6.07 Å². The Kier molecular flexibility index (Phi) is 7.51. The van der Waals surface area contributed by atoms with Crippen LogP contribution in [0.3, 0.4) is 0 Å². The summed E-state index contributed by atoms with van der Waals surface area (Å²) in [5.74, 6) is 0.228. The molecule has 0 bridgehead atoms. The van der Waals surface area contributed by atoms with Gasteiger partial charge in [-0.05, 0) is 47.9 Å². The second kappa shape index (κ2) is 10.7. The Balaban J connectivity index is 1.63. The predicted octanol–water partition coefficient (Wildman–Crippen LogP) is 5.14. The molecule has 6 nitrogen and oxygen atoms in total. The van der Waals surface area contributed by atoms with Crippen molar-refractivity contribution in [1.82, 2.24) is 14.9 Å². The monoisotopic (exact) mass is 491 g/mol. The smallest absolute Gasteiger partial charge is 0.266 e. The fraction of sp³-hybridized carbons (Fsp3) is 0.222. The van der Waals surface area contributed by atoms with Crippen LogP contribution in [-0.2, 0) is 4.79 Å². The quantitative estimate of drug-likeness (QED) is 0.273. The van der Waals surface area contributed by atoms with Gasteiger partial charge < -0.3 is 10.1 Å². The molecule has 1 N–H and O–H groups in total. The van der Waals surface area contributed by atoms with Crippen LogP contribution in [0.25, 0.3) is 16.6 Å². The maximum absolute atomic E-state index is 13.4. The highest BCUT2D eigenvalue weighted by atomic mass is 32.2. The summed E-state index contributed by atoms with van der Waals surface area (Å²) in [6, 6.07) is 20.1. The van der Waals surface area contributed by atoms with Crippen LogP contribution < -0.4 is 15.6 Å². The number of benzene rings is 3. The molecule has 0 saturated carbocycles. The molecule has 0 fully saturated rings. The van der Waals surface area contributed by atoms with Crippen LogP contribution in [-0.4, -0.2) is 28.3 Å².